The van der Waals surface area contributed by atoms with Crippen LogP contribution in [0.5, 0.6) is 0 Å². The summed E-state index contributed by atoms with van der Waals surface area (Å²) in [6.07, 6.45) is 0.645. The highest BCUT2D eigenvalue weighted by atomic mass is 35.5. The lowest BCUT2D eigenvalue weighted by Gasteiger charge is -2.14. The average molecular weight is 396 g/mol. The Kier molecular flexibility index (Phi) is 7.05. The number of nitrogens with one attached hydrogen (secondary N) is 1. The van der Waals surface area contributed by atoms with Crippen LogP contribution in [0.15, 0.2) is 23.4 Å². The van der Waals surface area contributed by atoms with Gasteiger partial charge in [0.1, 0.15) is 5.82 Å². The van der Waals surface area contributed by atoms with Crippen molar-refractivity contribution < 1.29 is 9.59 Å². The summed E-state index contributed by atoms with van der Waals surface area (Å²) in [6, 6.07) is 5.39. The average Bonchev–Trinajstić information content (AvgIpc) is 2.98. The zero-order valence-electron chi connectivity index (χ0n) is 15.0. The number of nitrogens with two attached hydrogens (primary N) is 1. The SMILES string of the molecule is CCn1c(CCC(N)=O)nnc1S[C@@H](C)C(=O)Nc1cccc(Cl)c1C. The third kappa shape index (κ3) is 4.98. The number of halogens is 1. The monoisotopic (exact) mass is 395 g/mol. The van der Waals surface area contributed by atoms with Crippen molar-refractivity contribution in [1.82, 2.24) is 14.8 Å². The van der Waals surface area contributed by atoms with Gasteiger partial charge >= 0.3 is 0 Å². The molecule has 0 aliphatic heterocycles. The zero-order chi connectivity index (χ0) is 19.3. The molecular weight excluding hydrogens is 374 g/mol. The third-order valence-corrected chi connectivity index (χ3v) is 5.37. The minimum Gasteiger partial charge on any atom is -0.370 e. The summed E-state index contributed by atoms with van der Waals surface area (Å²) >= 11 is 7.41. The topological polar surface area (TPSA) is 103 Å². The van der Waals surface area contributed by atoms with Gasteiger partial charge in [-0.1, -0.05) is 29.4 Å². The summed E-state index contributed by atoms with van der Waals surface area (Å²) in [5, 5.41) is 12.0. The molecule has 140 valence electrons. The quantitative estimate of drug-likeness (QED) is 0.669. The Balaban J connectivity index is 2.06. The lowest BCUT2D eigenvalue weighted by atomic mass is 10.2. The number of hydrogen-bond donors (Lipinski definition) is 2. The number of aryl methyl sites for hydroxylation is 1. The maximum absolute atomic E-state index is 12.5. The Labute approximate surface area is 161 Å². The second kappa shape index (κ2) is 9.05. The molecule has 26 heavy (non-hydrogen) atoms. The normalized spacial score (nSPS) is 12.0. The van der Waals surface area contributed by atoms with Gasteiger partial charge in [-0.25, -0.2) is 0 Å². The van der Waals surface area contributed by atoms with Crippen molar-refractivity contribution in [3.63, 3.8) is 0 Å². The van der Waals surface area contributed by atoms with Gasteiger partial charge in [-0.2, -0.15) is 0 Å². The lowest BCUT2D eigenvalue weighted by molar-refractivity contribution is -0.118. The van der Waals surface area contributed by atoms with Crippen LogP contribution in [-0.2, 0) is 22.6 Å². The lowest BCUT2D eigenvalue weighted by Crippen LogP contribution is -2.23. The second-order valence-electron chi connectivity index (χ2n) is 5.77. The van der Waals surface area contributed by atoms with Crippen LogP contribution in [0.3, 0.4) is 0 Å². The molecule has 0 radical (unpaired) electrons. The minimum atomic E-state index is -0.383. The van der Waals surface area contributed by atoms with E-state index in [9.17, 15) is 9.59 Å². The third-order valence-electron chi connectivity index (χ3n) is 3.88. The molecule has 9 heteroatoms. The first kappa shape index (κ1) is 20.3. The first-order chi connectivity index (χ1) is 12.3. The van der Waals surface area contributed by atoms with Crippen molar-refractivity contribution in [3.8, 4) is 0 Å². The van der Waals surface area contributed by atoms with Crippen LogP contribution in [0.1, 0.15) is 31.7 Å². The Bertz CT molecular complexity index is 808. The zero-order valence-corrected chi connectivity index (χ0v) is 16.5. The predicted molar refractivity (Wildman–Crippen MR) is 103 cm³/mol. The van der Waals surface area contributed by atoms with Crippen molar-refractivity contribution in [3.05, 3.63) is 34.6 Å². The van der Waals surface area contributed by atoms with Gasteiger partial charge in [0.2, 0.25) is 11.8 Å². The fourth-order valence-electron chi connectivity index (χ4n) is 2.33. The Morgan fingerprint density at radius 3 is 2.77 bits per heavy atom. The predicted octanol–water partition coefficient (Wildman–Crippen LogP) is 2.80. The van der Waals surface area contributed by atoms with Crippen molar-refractivity contribution in [1.29, 1.82) is 0 Å². The number of anilines is 1. The molecule has 0 spiro atoms. The van der Waals surface area contributed by atoms with Crippen molar-refractivity contribution in [2.24, 2.45) is 5.73 Å². The first-order valence-corrected chi connectivity index (χ1v) is 9.52. The maximum Gasteiger partial charge on any atom is 0.237 e. The number of aromatic nitrogens is 3. The highest BCUT2D eigenvalue weighted by molar-refractivity contribution is 8.00. The summed E-state index contributed by atoms with van der Waals surface area (Å²) in [7, 11) is 0. The van der Waals surface area contributed by atoms with Gasteiger partial charge < -0.3 is 15.6 Å². The van der Waals surface area contributed by atoms with Gasteiger partial charge in [0.25, 0.3) is 0 Å². The number of amides is 2. The number of rotatable bonds is 8. The summed E-state index contributed by atoms with van der Waals surface area (Å²) in [4.78, 5) is 23.5. The van der Waals surface area contributed by atoms with E-state index in [0.29, 0.717) is 34.7 Å². The van der Waals surface area contributed by atoms with E-state index >= 15 is 0 Å². The van der Waals surface area contributed by atoms with Gasteiger partial charge in [-0.3, -0.25) is 9.59 Å². The van der Waals surface area contributed by atoms with Crippen LogP contribution < -0.4 is 11.1 Å². The summed E-state index contributed by atoms with van der Waals surface area (Å²) in [6.45, 7) is 6.26. The summed E-state index contributed by atoms with van der Waals surface area (Å²) < 4.78 is 1.89. The molecule has 0 bridgehead atoms. The van der Waals surface area contributed by atoms with E-state index in [0.717, 1.165) is 5.56 Å². The summed E-state index contributed by atoms with van der Waals surface area (Å²) in [5.74, 6) is 0.159. The van der Waals surface area contributed by atoms with Gasteiger partial charge in [0.15, 0.2) is 5.16 Å². The number of carbonyl (C=O) groups excluding carboxylic acids is 2. The van der Waals surface area contributed by atoms with Crippen molar-refractivity contribution in [2.45, 2.75) is 50.6 Å². The molecule has 0 saturated carbocycles. The maximum atomic E-state index is 12.5. The molecule has 0 unspecified atom stereocenters. The Morgan fingerprint density at radius 1 is 1.38 bits per heavy atom. The number of carbonyl (C=O) groups is 2. The van der Waals surface area contributed by atoms with E-state index in [1.807, 2.05) is 24.5 Å². The van der Waals surface area contributed by atoms with Crippen LogP contribution in [0, 0.1) is 6.92 Å². The molecule has 0 saturated heterocycles. The van der Waals surface area contributed by atoms with E-state index in [2.05, 4.69) is 15.5 Å². The van der Waals surface area contributed by atoms with Gasteiger partial charge in [0.05, 0.1) is 5.25 Å². The van der Waals surface area contributed by atoms with Crippen LogP contribution in [0.4, 0.5) is 5.69 Å². The molecule has 0 fully saturated rings. The molecule has 2 amide bonds. The molecule has 3 N–H and O–H groups in total. The minimum absolute atomic E-state index is 0.148. The van der Waals surface area contributed by atoms with E-state index < -0.39 is 0 Å². The fraction of sp³-hybridized carbons (Fsp3) is 0.412. The van der Waals surface area contributed by atoms with Gasteiger partial charge in [-0.05, 0) is 38.5 Å². The van der Waals surface area contributed by atoms with Gasteiger partial charge in [-0.15, -0.1) is 10.2 Å². The van der Waals surface area contributed by atoms with Crippen molar-refractivity contribution >= 4 is 40.9 Å². The van der Waals surface area contributed by atoms with E-state index in [1.165, 1.54) is 11.8 Å². The Hall–Kier alpha value is -2.06. The number of nitrogens with zero attached hydrogens (tertiary/aromatic N) is 3. The molecule has 2 rings (SSSR count). The molecule has 2 aromatic rings. The highest BCUT2D eigenvalue weighted by Gasteiger charge is 2.20. The number of thioether (sulfide) groups is 1. The smallest absolute Gasteiger partial charge is 0.237 e. The van der Waals surface area contributed by atoms with Crippen molar-refractivity contribution in [2.75, 3.05) is 5.32 Å². The molecule has 0 aliphatic carbocycles. The second-order valence-corrected chi connectivity index (χ2v) is 7.49. The highest BCUT2D eigenvalue weighted by Crippen LogP contribution is 2.26. The number of hydrogen-bond acceptors (Lipinski definition) is 5. The first-order valence-electron chi connectivity index (χ1n) is 8.26. The van der Waals surface area contributed by atoms with Crippen LogP contribution in [0.25, 0.3) is 0 Å². The van der Waals surface area contributed by atoms with E-state index in [-0.39, 0.29) is 23.5 Å². The van der Waals surface area contributed by atoms with Gasteiger partial charge in [0, 0.05) is 30.1 Å². The molecule has 7 nitrogen and oxygen atoms in total. The Morgan fingerprint density at radius 2 is 2.12 bits per heavy atom. The fourth-order valence-corrected chi connectivity index (χ4v) is 3.44. The molecule has 1 heterocycles. The summed E-state index contributed by atoms with van der Waals surface area (Å²) in [5.41, 5.74) is 6.70. The van der Waals surface area contributed by atoms with E-state index in [1.54, 1.807) is 19.1 Å². The largest absolute Gasteiger partial charge is 0.370 e. The van der Waals surface area contributed by atoms with Crippen LogP contribution in [-0.4, -0.2) is 31.8 Å². The van der Waals surface area contributed by atoms with E-state index in [4.69, 9.17) is 17.3 Å². The molecule has 1 aromatic heterocycles. The standard InChI is InChI=1S/C17H22ClN5O2S/c1-4-23-15(9-8-14(19)24)21-22-17(23)26-11(3)16(25)20-13-7-5-6-12(18)10(13)2/h5-7,11H,4,8-9H2,1-3H3,(H2,19,24)(H,20,25)/t11-/m0/s1. The number of primary amides is 1. The molecule has 1 atom stereocenters. The molecule has 0 aliphatic rings. The number of benzene rings is 1. The molecule has 1 aromatic carbocycles. The van der Waals surface area contributed by atoms with Crippen LogP contribution >= 0.6 is 23.4 Å². The molecular formula is C17H22ClN5O2S. The van der Waals surface area contributed by atoms with Crippen LogP contribution in [0.2, 0.25) is 5.02 Å².